The first-order valence-corrected chi connectivity index (χ1v) is 16.2. The number of hydrogen-bond donors (Lipinski definition) is 2. The second-order valence-corrected chi connectivity index (χ2v) is 14.1. The van der Waals surface area contributed by atoms with Gasteiger partial charge in [0.2, 0.25) is 11.8 Å². The van der Waals surface area contributed by atoms with Gasteiger partial charge >= 0.3 is 6.09 Å². The van der Waals surface area contributed by atoms with Gasteiger partial charge in [-0.25, -0.2) is 4.79 Å². The van der Waals surface area contributed by atoms with E-state index in [4.69, 9.17) is 4.74 Å². The van der Waals surface area contributed by atoms with Crippen molar-refractivity contribution in [2.75, 3.05) is 4.90 Å². The number of carbonyl (C=O) groups is 3. The monoisotopic (exact) mass is 623 g/mol. The zero-order chi connectivity index (χ0) is 32.2. The Morgan fingerprint density at radius 1 is 0.889 bits per heavy atom. The van der Waals surface area contributed by atoms with Crippen molar-refractivity contribution < 1.29 is 19.1 Å². The molecule has 1 aliphatic rings. The van der Waals surface area contributed by atoms with Crippen LogP contribution in [0.3, 0.4) is 0 Å². The van der Waals surface area contributed by atoms with Gasteiger partial charge in [-0.2, -0.15) is 0 Å². The Balaban J connectivity index is 1.32. The molecule has 2 N–H and O–H groups in total. The van der Waals surface area contributed by atoms with E-state index in [0.717, 1.165) is 27.9 Å². The summed E-state index contributed by atoms with van der Waals surface area (Å²) >= 11 is 1.72. The molecule has 234 valence electrons. The maximum Gasteiger partial charge on any atom is 0.408 e. The van der Waals surface area contributed by atoms with Crippen molar-refractivity contribution in [2.45, 2.75) is 77.6 Å². The Kier molecular flexibility index (Phi) is 9.44. The van der Waals surface area contributed by atoms with Gasteiger partial charge in [-0.15, -0.1) is 11.3 Å². The third kappa shape index (κ3) is 8.19. The van der Waals surface area contributed by atoms with Crippen molar-refractivity contribution in [3.63, 3.8) is 0 Å². The number of thiophene rings is 1. The number of alkyl carbamates (subject to hydrolysis) is 1. The number of fused-ring (bicyclic) bond motifs is 1. The van der Waals surface area contributed by atoms with E-state index in [-0.39, 0.29) is 18.2 Å². The van der Waals surface area contributed by atoms with Crippen LogP contribution in [0.5, 0.6) is 0 Å². The Labute approximate surface area is 269 Å². The molecule has 0 aliphatic carbocycles. The number of hydrogen-bond acceptors (Lipinski definition) is 5. The predicted octanol–water partition coefficient (Wildman–Crippen LogP) is 7.74. The van der Waals surface area contributed by atoms with E-state index >= 15 is 0 Å². The normalized spacial score (nSPS) is 15.2. The van der Waals surface area contributed by atoms with Crippen LogP contribution in [0.4, 0.5) is 10.5 Å². The maximum absolute atomic E-state index is 14.0. The van der Waals surface area contributed by atoms with Gasteiger partial charge in [0.25, 0.3) is 0 Å². The lowest BCUT2D eigenvalue weighted by Gasteiger charge is -2.29. The number of carbonyl (C=O) groups excluding carboxylic acids is 3. The molecule has 0 saturated carbocycles. The summed E-state index contributed by atoms with van der Waals surface area (Å²) in [6, 6.07) is 28.2. The van der Waals surface area contributed by atoms with Crippen LogP contribution < -0.4 is 15.5 Å². The molecule has 0 unspecified atom stereocenters. The fourth-order valence-electron chi connectivity index (χ4n) is 5.64. The Hall–Kier alpha value is -4.43. The van der Waals surface area contributed by atoms with Crippen molar-refractivity contribution in [3.8, 4) is 21.6 Å². The molecule has 8 heteroatoms. The van der Waals surface area contributed by atoms with Crippen molar-refractivity contribution in [3.05, 3.63) is 101 Å². The fourth-order valence-corrected chi connectivity index (χ4v) is 6.40. The SMILES string of the molecule is CC(C)(CC(=O)N[C@@H]1CCc2ccccc2N(Cc2ccc(-c3ccccc3-c3cccs3)cc2)C1=O)NC(=O)OC(C)(C)C. The second-order valence-electron chi connectivity index (χ2n) is 13.1. The third-order valence-corrected chi connectivity index (χ3v) is 8.55. The molecule has 1 aromatic heterocycles. The van der Waals surface area contributed by atoms with Crippen LogP contribution in [0.1, 0.15) is 58.6 Å². The lowest BCUT2D eigenvalue weighted by molar-refractivity contribution is -0.128. The average Bonchev–Trinajstić information content (AvgIpc) is 3.48. The number of rotatable bonds is 8. The van der Waals surface area contributed by atoms with Gasteiger partial charge in [0.1, 0.15) is 11.6 Å². The minimum Gasteiger partial charge on any atom is -0.444 e. The van der Waals surface area contributed by atoms with Crippen LogP contribution in [0.15, 0.2) is 90.3 Å². The topological polar surface area (TPSA) is 87.7 Å². The molecule has 1 atom stereocenters. The van der Waals surface area contributed by atoms with E-state index in [9.17, 15) is 14.4 Å². The van der Waals surface area contributed by atoms with E-state index in [1.165, 1.54) is 10.4 Å². The maximum atomic E-state index is 14.0. The van der Waals surface area contributed by atoms with Crippen LogP contribution in [0.2, 0.25) is 0 Å². The number of amides is 3. The fraction of sp³-hybridized carbons (Fsp3) is 0.324. The van der Waals surface area contributed by atoms with Crippen LogP contribution in [-0.2, 0) is 27.3 Å². The minimum atomic E-state index is -0.868. The summed E-state index contributed by atoms with van der Waals surface area (Å²) in [4.78, 5) is 42.6. The molecule has 0 spiro atoms. The van der Waals surface area contributed by atoms with Crippen molar-refractivity contribution in [2.24, 2.45) is 0 Å². The van der Waals surface area contributed by atoms with E-state index in [1.54, 1.807) is 50.9 Å². The van der Waals surface area contributed by atoms with Crippen LogP contribution in [0, 0.1) is 0 Å². The Morgan fingerprint density at radius 2 is 1.58 bits per heavy atom. The highest BCUT2D eigenvalue weighted by molar-refractivity contribution is 7.13. The molecule has 2 heterocycles. The van der Waals surface area contributed by atoms with Crippen molar-refractivity contribution in [1.82, 2.24) is 10.6 Å². The summed E-state index contributed by atoms with van der Waals surface area (Å²) in [7, 11) is 0. The molecule has 0 bridgehead atoms. The van der Waals surface area contributed by atoms with Crippen LogP contribution in [-0.4, -0.2) is 35.1 Å². The zero-order valence-corrected chi connectivity index (χ0v) is 27.4. The first-order chi connectivity index (χ1) is 21.4. The quantitative estimate of drug-likeness (QED) is 0.210. The molecule has 5 rings (SSSR count). The van der Waals surface area contributed by atoms with E-state index in [1.807, 2.05) is 24.3 Å². The lowest BCUT2D eigenvalue weighted by Crippen LogP contribution is -2.52. The standard InChI is InChI=1S/C37H41N3O4S/c1-36(2,3)44-35(43)39-37(4,5)23-33(41)38-30-21-20-27-11-6-9-14-31(27)40(34(30)42)24-25-16-18-26(19-17-25)28-12-7-8-13-29(28)32-15-10-22-45-32/h6-19,22,30H,20-21,23-24H2,1-5H3,(H,38,41)(H,39,43)/t30-/m1/s1. The molecule has 1 aliphatic heterocycles. The number of para-hydroxylation sites is 1. The number of nitrogens with zero attached hydrogens (tertiary/aromatic N) is 1. The average molecular weight is 624 g/mol. The third-order valence-electron chi connectivity index (χ3n) is 7.65. The summed E-state index contributed by atoms with van der Waals surface area (Å²) in [5, 5.41) is 7.82. The summed E-state index contributed by atoms with van der Waals surface area (Å²) in [5.74, 6) is -0.465. The second kappa shape index (κ2) is 13.3. The van der Waals surface area contributed by atoms with Crippen LogP contribution >= 0.6 is 11.3 Å². The number of aryl methyl sites for hydroxylation is 1. The molecule has 3 aromatic carbocycles. The van der Waals surface area contributed by atoms with E-state index in [0.29, 0.717) is 19.4 Å². The van der Waals surface area contributed by atoms with Crippen molar-refractivity contribution in [1.29, 1.82) is 0 Å². The Bertz CT molecular complexity index is 1660. The number of ether oxygens (including phenoxy) is 1. The van der Waals surface area contributed by atoms with E-state index < -0.39 is 23.3 Å². The Morgan fingerprint density at radius 3 is 2.27 bits per heavy atom. The molecule has 7 nitrogen and oxygen atoms in total. The van der Waals surface area contributed by atoms with Gasteiger partial charge in [-0.1, -0.05) is 72.8 Å². The van der Waals surface area contributed by atoms with Gasteiger partial charge in [-0.3, -0.25) is 9.59 Å². The number of benzene rings is 3. The van der Waals surface area contributed by atoms with E-state index in [2.05, 4.69) is 76.7 Å². The highest BCUT2D eigenvalue weighted by atomic mass is 32.1. The first-order valence-electron chi connectivity index (χ1n) is 15.3. The highest BCUT2D eigenvalue weighted by Crippen LogP contribution is 2.35. The lowest BCUT2D eigenvalue weighted by atomic mass is 9.97. The largest absolute Gasteiger partial charge is 0.444 e. The van der Waals surface area contributed by atoms with Crippen LogP contribution in [0.25, 0.3) is 21.6 Å². The number of nitrogens with one attached hydrogen (secondary N) is 2. The van der Waals surface area contributed by atoms with Gasteiger partial charge in [0.05, 0.1) is 6.54 Å². The van der Waals surface area contributed by atoms with Gasteiger partial charge in [0.15, 0.2) is 0 Å². The summed E-state index contributed by atoms with van der Waals surface area (Å²) < 4.78 is 5.36. The molecule has 4 aromatic rings. The minimum absolute atomic E-state index is 0.00260. The van der Waals surface area contributed by atoms with Gasteiger partial charge in [0, 0.05) is 22.5 Å². The number of anilines is 1. The molecular weight excluding hydrogens is 582 g/mol. The van der Waals surface area contributed by atoms with Gasteiger partial charge < -0.3 is 20.3 Å². The predicted molar refractivity (Wildman–Crippen MR) is 181 cm³/mol. The first kappa shape index (κ1) is 32.0. The molecule has 3 amide bonds. The highest BCUT2D eigenvalue weighted by Gasteiger charge is 2.33. The molecule has 0 saturated heterocycles. The smallest absolute Gasteiger partial charge is 0.408 e. The summed E-state index contributed by atoms with van der Waals surface area (Å²) in [6.45, 7) is 9.25. The summed E-state index contributed by atoms with van der Waals surface area (Å²) in [6.07, 6.45) is 0.545. The zero-order valence-electron chi connectivity index (χ0n) is 26.6. The van der Waals surface area contributed by atoms with Gasteiger partial charge in [-0.05, 0) is 92.8 Å². The molecule has 0 radical (unpaired) electrons. The summed E-state index contributed by atoms with van der Waals surface area (Å²) in [5.41, 5.74) is 4.86. The molecule has 0 fully saturated rings. The molecular formula is C37H41N3O4S. The van der Waals surface area contributed by atoms with Crippen molar-refractivity contribution >= 4 is 34.9 Å². The molecule has 45 heavy (non-hydrogen) atoms.